The van der Waals surface area contributed by atoms with E-state index in [1.54, 1.807) is 13.0 Å². The molecule has 0 spiro atoms. The van der Waals surface area contributed by atoms with Gasteiger partial charge in [0.2, 0.25) is 11.8 Å². The van der Waals surface area contributed by atoms with Gasteiger partial charge in [0.25, 0.3) is 0 Å². The highest BCUT2D eigenvalue weighted by Gasteiger charge is 2.25. The van der Waals surface area contributed by atoms with E-state index < -0.39 is 6.04 Å². The predicted molar refractivity (Wildman–Crippen MR) is 66.9 cm³/mol. The largest absolute Gasteiger partial charge is 0.360 e. The number of aromatic nitrogens is 1. The molecule has 1 unspecified atom stereocenters. The summed E-state index contributed by atoms with van der Waals surface area (Å²) in [7, 11) is 0. The molecule has 1 aromatic rings. The van der Waals surface area contributed by atoms with E-state index in [2.05, 4.69) is 15.8 Å². The van der Waals surface area contributed by atoms with Crippen molar-refractivity contribution in [1.82, 2.24) is 10.5 Å². The van der Waals surface area contributed by atoms with Gasteiger partial charge in [-0.25, -0.2) is 0 Å². The van der Waals surface area contributed by atoms with Gasteiger partial charge in [0.15, 0.2) is 5.82 Å². The fraction of sp³-hybridized carbons (Fsp3) is 0.583. The van der Waals surface area contributed by atoms with Crippen LogP contribution in [0.5, 0.6) is 0 Å². The third-order valence-corrected chi connectivity index (χ3v) is 2.73. The van der Waals surface area contributed by atoms with Crippen molar-refractivity contribution >= 4 is 17.6 Å². The molecule has 2 atom stereocenters. The molecule has 0 saturated heterocycles. The normalized spacial score (nSPS) is 13.8. The van der Waals surface area contributed by atoms with E-state index in [1.807, 2.05) is 13.8 Å². The molecular weight excluding hydrogens is 234 g/mol. The van der Waals surface area contributed by atoms with Crippen LogP contribution in [-0.2, 0) is 9.59 Å². The van der Waals surface area contributed by atoms with Gasteiger partial charge in [0, 0.05) is 13.0 Å². The molecule has 2 amide bonds. The number of hydrogen-bond acceptors (Lipinski definition) is 4. The molecule has 1 aromatic heterocycles. The second kappa shape index (κ2) is 6.18. The van der Waals surface area contributed by atoms with Gasteiger partial charge in [0.05, 0.1) is 0 Å². The summed E-state index contributed by atoms with van der Waals surface area (Å²) >= 11 is 0. The molecule has 1 rings (SSSR count). The van der Waals surface area contributed by atoms with Crippen LogP contribution >= 0.6 is 0 Å². The first-order valence-electron chi connectivity index (χ1n) is 5.95. The van der Waals surface area contributed by atoms with Crippen LogP contribution in [0, 0.1) is 12.8 Å². The number of hydrogen-bond donors (Lipinski definition) is 2. The topological polar surface area (TPSA) is 84.2 Å². The van der Waals surface area contributed by atoms with Crippen molar-refractivity contribution in [3.63, 3.8) is 0 Å². The highest BCUT2D eigenvalue weighted by Crippen LogP contribution is 2.12. The molecule has 6 nitrogen and oxygen atoms in total. The summed E-state index contributed by atoms with van der Waals surface area (Å²) in [6, 6.07) is 1.06. The lowest BCUT2D eigenvalue weighted by molar-refractivity contribution is -0.126. The van der Waals surface area contributed by atoms with Gasteiger partial charge in [-0.15, -0.1) is 0 Å². The van der Waals surface area contributed by atoms with Gasteiger partial charge in [-0.2, -0.15) is 0 Å². The number of nitrogens with one attached hydrogen (secondary N) is 2. The number of anilines is 1. The third kappa shape index (κ3) is 3.87. The lowest BCUT2D eigenvalue weighted by atomic mass is 9.98. The quantitative estimate of drug-likeness (QED) is 0.832. The molecule has 0 aromatic carbocycles. The molecule has 2 N–H and O–H groups in total. The van der Waals surface area contributed by atoms with Crippen molar-refractivity contribution in [3.8, 4) is 0 Å². The molecular formula is C12H19N3O3. The van der Waals surface area contributed by atoms with Crippen LogP contribution in [0.1, 0.15) is 33.0 Å². The fourth-order valence-corrected chi connectivity index (χ4v) is 1.55. The maximum absolute atomic E-state index is 12.1. The van der Waals surface area contributed by atoms with E-state index in [1.165, 1.54) is 6.92 Å². The van der Waals surface area contributed by atoms with Crippen LogP contribution in [0.25, 0.3) is 0 Å². The minimum absolute atomic E-state index is 0.0434. The standard InChI is InChI=1S/C12H19N3O3/c1-5-7(2)11(13-9(4)16)12(17)14-10-6-8(3)18-15-10/h6-7,11H,5H2,1-4H3,(H,13,16)(H,14,15,17)/t7?,11-/m1/s1. The minimum Gasteiger partial charge on any atom is -0.360 e. The molecule has 6 heteroatoms. The summed E-state index contributed by atoms with van der Waals surface area (Å²) in [5.74, 6) is 0.502. The maximum Gasteiger partial charge on any atom is 0.248 e. The molecule has 18 heavy (non-hydrogen) atoms. The smallest absolute Gasteiger partial charge is 0.248 e. The third-order valence-electron chi connectivity index (χ3n) is 2.73. The van der Waals surface area contributed by atoms with Crippen molar-refractivity contribution < 1.29 is 14.1 Å². The molecule has 0 saturated carbocycles. The second-order valence-electron chi connectivity index (χ2n) is 4.38. The van der Waals surface area contributed by atoms with Crippen LogP contribution in [-0.4, -0.2) is 23.0 Å². The SMILES string of the molecule is CCC(C)[C@@H](NC(C)=O)C(=O)Nc1cc(C)on1. The van der Waals surface area contributed by atoms with Gasteiger partial charge in [-0.05, 0) is 12.8 Å². The zero-order valence-electron chi connectivity index (χ0n) is 11.1. The van der Waals surface area contributed by atoms with E-state index >= 15 is 0 Å². The van der Waals surface area contributed by atoms with E-state index in [4.69, 9.17) is 4.52 Å². The van der Waals surface area contributed by atoms with Crippen LogP contribution < -0.4 is 10.6 Å². The Hall–Kier alpha value is -1.85. The summed E-state index contributed by atoms with van der Waals surface area (Å²) in [5, 5.41) is 8.96. The summed E-state index contributed by atoms with van der Waals surface area (Å²) in [5.41, 5.74) is 0. The zero-order chi connectivity index (χ0) is 13.7. The van der Waals surface area contributed by atoms with Crippen LogP contribution in [0.2, 0.25) is 0 Å². The molecule has 0 aliphatic rings. The van der Waals surface area contributed by atoms with E-state index in [9.17, 15) is 9.59 Å². The fourth-order valence-electron chi connectivity index (χ4n) is 1.55. The summed E-state index contributed by atoms with van der Waals surface area (Å²) in [6.45, 7) is 7.01. The lowest BCUT2D eigenvalue weighted by Gasteiger charge is -2.22. The Balaban J connectivity index is 2.72. The molecule has 100 valence electrons. The first kappa shape index (κ1) is 14.2. The maximum atomic E-state index is 12.1. The van der Waals surface area contributed by atoms with Crippen molar-refractivity contribution in [2.45, 2.75) is 40.2 Å². The number of carbonyl (C=O) groups is 2. The Morgan fingerprint density at radius 2 is 2.17 bits per heavy atom. The predicted octanol–water partition coefficient (Wildman–Crippen LogP) is 1.47. The summed E-state index contributed by atoms with van der Waals surface area (Å²) < 4.78 is 4.86. The van der Waals surface area contributed by atoms with Gasteiger partial charge in [-0.3, -0.25) is 9.59 Å². The van der Waals surface area contributed by atoms with Crippen LogP contribution in [0.3, 0.4) is 0 Å². The van der Waals surface area contributed by atoms with Gasteiger partial charge < -0.3 is 15.2 Å². The number of rotatable bonds is 5. The molecule has 0 radical (unpaired) electrons. The second-order valence-corrected chi connectivity index (χ2v) is 4.38. The Kier molecular flexibility index (Phi) is 4.88. The van der Waals surface area contributed by atoms with E-state index in [-0.39, 0.29) is 17.7 Å². The lowest BCUT2D eigenvalue weighted by Crippen LogP contribution is -2.47. The van der Waals surface area contributed by atoms with Crippen molar-refractivity contribution in [1.29, 1.82) is 0 Å². The Morgan fingerprint density at radius 3 is 2.61 bits per heavy atom. The molecule has 0 aliphatic carbocycles. The average molecular weight is 253 g/mol. The Bertz CT molecular complexity index is 428. The summed E-state index contributed by atoms with van der Waals surface area (Å²) in [6.07, 6.45) is 0.788. The van der Waals surface area contributed by atoms with Gasteiger partial charge in [-0.1, -0.05) is 25.4 Å². The number of carbonyl (C=O) groups excluding carboxylic acids is 2. The van der Waals surface area contributed by atoms with E-state index in [0.29, 0.717) is 11.6 Å². The monoisotopic (exact) mass is 253 g/mol. The number of amides is 2. The van der Waals surface area contributed by atoms with E-state index in [0.717, 1.165) is 6.42 Å². The van der Waals surface area contributed by atoms with Crippen LogP contribution in [0.4, 0.5) is 5.82 Å². The zero-order valence-corrected chi connectivity index (χ0v) is 11.1. The van der Waals surface area contributed by atoms with Crippen molar-refractivity contribution in [3.05, 3.63) is 11.8 Å². The van der Waals surface area contributed by atoms with Crippen molar-refractivity contribution in [2.75, 3.05) is 5.32 Å². The van der Waals surface area contributed by atoms with Gasteiger partial charge >= 0.3 is 0 Å². The minimum atomic E-state index is -0.565. The first-order valence-corrected chi connectivity index (χ1v) is 5.95. The Labute approximate surface area is 106 Å². The number of nitrogens with zero attached hydrogens (tertiary/aromatic N) is 1. The highest BCUT2D eigenvalue weighted by atomic mass is 16.5. The van der Waals surface area contributed by atoms with Crippen LogP contribution in [0.15, 0.2) is 10.6 Å². The summed E-state index contributed by atoms with van der Waals surface area (Å²) in [4.78, 5) is 23.2. The van der Waals surface area contributed by atoms with Gasteiger partial charge in [0.1, 0.15) is 11.8 Å². The average Bonchev–Trinajstić information content (AvgIpc) is 2.70. The molecule has 0 aliphatic heterocycles. The Morgan fingerprint density at radius 1 is 1.50 bits per heavy atom. The molecule has 0 fully saturated rings. The number of aryl methyl sites for hydroxylation is 1. The highest BCUT2D eigenvalue weighted by molar-refractivity contribution is 5.96. The van der Waals surface area contributed by atoms with Crippen molar-refractivity contribution in [2.24, 2.45) is 5.92 Å². The first-order chi connectivity index (χ1) is 8.43. The molecule has 0 bridgehead atoms. The molecule has 1 heterocycles.